The number of hydrogen-bond acceptors (Lipinski definition) is 7. The molecule has 2 aromatic carbocycles. The molecule has 43 heavy (non-hydrogen) atoms. The highest BCUT2D eigenvalue weighted by molar-refractivity contribution is 6.35. The molecule has 2 N–H and O–H groups in total. The quantitative estimate of drug-likeness (QED) is 0.240. The maximum Gasteiger partial charge on any atom is 0.319 e. The first-order chi connectivity index (χ1) is 20.8. The number of benzene rings is 2. The molecule has 0 aliphatic carbocycles. The highest BCUT2D eigenvalue weighted by Gasteiger charge is 2.43. The zero-order valence-electron chi connectivity index (χ0n) is 25.7. The van der Waals surface area contributed by atoms with Crippen LogP contribution in [0.1, 0.15) is 50.7 Å². The van der Waals surface area contributed by atoms with Crippen LogP contribution >= 0.6 is 11.6 Å². The number of nitrogens with one attached hydrogen (secondary N) is 2. The van der Waals surface area contributed by atoms with E-state index < -0.39 is 5.82 Å². The first kappa shape index (κ1) is 29.8. The van der Waals surface area contributed by atoms with Crippen molar-refractivity contribution in [2.24, 2.45) is 0 Å². The third kappa shape index (κ3) is 5.15. The van der Waals surface area contributed by atoms with E-state index in [1.54, 1.807) is 6.20 Å². The molecule has 8 nitrogen and oxygen atoms in total. The SMILES string of the molecule is C=CC12CC[C@H](CN(c3nc(OCC4CCCN4C)nc4c(F)c(-c5c(C)c(C)cc6[nH]ncc56)c(Cl)cc34)C1)N2.CC. The van der Waals surface area contributed by atoms with Gasteiger partial charge in [-0.15, -0.1) is 6.58 Å². The topological polar surface area (TPSA) is 82.2 Å². The minimum atomic E-state index is -0.480. The van der Waals surface area contributed by atoms with E-state index in [2.05, 4.69) is 43.9 Å². The van der Waals surface area contributed by atoms with Gasteiger partial charge in [0.25, 0.3) is 0 Å². The molecule has 0 spiro atoms. The number of H-pyrrole nitrogens is 1. The average molecular weight is 606 g/mol. The molecule has 2 unspecified atom stereocenters. The van der Waals surface area contributed by atoms with Crippen molar-refractivity contribution < 1.29 is 9.13 Å². The lowest BCUT2D eigenvalue weighted by Crippen LogP contribution is -2.58. The lowest BCUT2D eigenvalue weighted by atomic mass is 9.92. The monoisotopic (exact) mass is 605 g/mol. The summed E-state index contributed by atoms with van der Waals surface area (Å²) >= 11 is 6.96. The zero-order valence-corrected chi connectivity index (χ0v) is 26.5. The molecule has 0 radical (unpaired) electrons. The summed E-state index contributed by atoms with van der Waals surface area (Å²) in [6, 6.07) is 4.61. The molecule has 5 heterocycles. The third-order valence-corrected chi connectivity index (χ3v) is 9.77. The Hall–Kier alpha value is -3.27. The van der Waals surface area contributed by atoms with E-state index in [0.717, 1.165) is 66.4 Å². The largest absolute Gasteiger partial charge is 0.462 e. The molecule has 3 saturated heterocycles. The molecule has 0 saturated carbocycles. The highest BCUT2D eigenvalue weighted by atomic mass is 35.5. The van der Waals surface area contributed by atoms with Crippen LogP contribution in [0.25, 0.3) is 32.9 Å². The molecule has 3 atom stereocenters. The number of hydrogen-bond donors (Lipinski definition) is 2. The number of aromatic nitrogens is 4. The Morgan fingerprint density at radius 1 is 1.19 bits per heavy atom. The summed E-state index contributed by atoms with van der Waals surface area (Å²) in [4.78, 5) is 14.1. The van der Waals surface area contributed by atoms with Crippen LogP contribution in [0.2, 0.25) is 5.02 Å². The van der Waals surface area contributed by atoms with Crippen LogP contribution in [0.3, 0.4) is 0 Å². The van der Waals surface area contributed by atoms with Crippen molar-refractivity contribution in [3.63, 3.8) is 0 Å². The molecule has 3 fully saturated rings. The van der Waals surface area contributed by atoms with E-state index in [-0.39, 0.29) is 23.1 Å². The van der Waals surface area contributed by atoms with Gasteiger partial charge in [0.05, 0.1) is 22.3 Å². The fraction of sp³-hybridized carbons (Fsp3) is 0.485. The van der Waals surface area contributed by atoms with Gasteiger partial charge >= 0.3 is 6.01 Å². The number of likely N-dealkylation sites (N-methyl/N-ethyl adjacent to an activating group) is 1. The van der Waals surface area contributed by atoms with Gasteiger partial charge in [-0.2, -0.15) is 15.1 Å². The number of anilines is 1. The van der Waals surface area contributed by atoms with E-state index >= 15 is 4.39 Å². The second-order valence-electron chi connectivity index (χ2n) is 12.0. The fourth-order valence-electron chi connectivity index (χ4n) is 7.01. The Kier molecular flexibility index (Phi) is 8.08. The summed E-state index contributed by atoms with van der Waals surface area (Å²) in [6.07, 6.45) is 7.97. The molecular formula is C33H41ClFN7O. The van der Waals surface area contributed by atoms with Crippen molar-refractivity contribution in [3.8, 4) is 17.1 Å². The van der Waals surface area contributed by atoms with E-state index in [1.165, 1.54) is 0 Å². The summed E-state index contributed by atoms with van der Waals surface area (Å²) in [5.74, 6) is 0.165. The van der Waals surface area contributed by atoms with Gasteiger partial charge in [-0.1, -0.05) is 31.5 Å². The van der Waals surface area contributed by atoms with Crippen LogP contribution in [-0.2, 0) is 0 Å². The van der Waals surface area contributed by atoms with Gasteiger partial charge in [-0.05, 0) is 76.4 Å². The molecule has 7 rings (SSSR count). The smallest absolute Gasteiger partial charge is 0.319 e. The van der Waals surface area contributed by atoms with Gasteiger partial charge in [-0.25, -0.2) is 4.39 Å². The first-order valence-corrected chi connectivity index (χ1v) is 15.8. The van der Waals surface area contributed by atoms with Crippen LogP contribution < -0.4 is 15.0 Å². The number of nitrogens with zero attached hydrogens (tertiary/aromatic N) is 5. The predicted molar refractivity (Wildman–Crippen MR) is 173 cm³/mol. The minimum Gasteiger partial charge on any atom is -0.462 e. The summed E-state index contributed by atoms with van der Waals surface area (Å²) in [5, 5.41) is 12.7. The van der Waals surface area contributed by atoms with Crippen LogP contribution in [0, 0.1) is 19.7 Å². The van der Waals surface area contributed by atoms with Gasteiger partial charge in [0.1, 0.15) is 17.9 Å². The molecule has 3 aliphatic heterocycles. The van der Waals surface area contributed by atoms with Crippen LogP contribution in [0.5, 0.6) is 6.01 Å². The minimum absolute atomic E-state index is 0.188. The number of aryl methyl sites for hydroxylation is 1. The zero-order chi connectivity index (χ0) is 30.5. The molecule has 228 valence electrons. The van der Waals surface area contributed by atoms with Gasteiger partial charge in [0.15, 0.2) is 5.82 Å². The van der Waals surface area contributed by atoms with E-state index in [0.29, 0.717) is 41.0 Å². The van der Waals surface area contributed by atoms with Gasteiger partial charge in [-0.3, -0.25) is 5.10 Å². The Bertz CT molecular complexity index is 1690. The van der Waals surface area contributed by atoms with Crippen molar-refractivity contribution in [2.75, 3.05) is 38.2 Å². The summed E-state index contributed by atoms with van der Waals surface area (Å²) < 4.78 is 23.1. The number of ether oxygens (including phenoxy) is 1. The van der Waals surface area contributed by atoms with Crippen LogP contribution in [0.15, 0.2) is 31.0 Å². The first-order valence-electron chi connectivity index (χ1n) is 15.4. The summed E-state index contributed by atoms with van der Waals surface area (Å²) in [5.41, 5.74) is 3.84. The van der Waals surface area contributed by atoms with E-state index in [9.17, 15) is 0 Å². The van der Waals surface area contributed by atoms with Gasteiger partial charge < -0.3 is 19.9 Å². The van der Waals surface area contributed by atoms with Crippen LogP contribution in [-0.4, -0.2) is 76.0 Å². The fourth-order valence-corrected chi connectivity index (χ4v) is 7.30. The van der Waals surface area contributed by atoms with Crippen molar-refractivity contribution in [2.45, 2.75) is 71.0 Å². The standard InChI is InChI=1S/C31H35ClFN7O.C2H6/c1-5-31-9-8-19(37-31)14-40(16-31)29-21-12-23(32)26(25-18(3)17(2)11-24-22(25)13-34-38-24)27(33)28(21)35-30(36-29)41-15-20-7-6-10-39(20)4;1-2/h5,11-13,19-20,37H,1,6-10,14-16H2,2-4H3,(H,34,38);1-2H3/t19-,20?,31?;/m1./s1. The number of likely N-dealkylation sites (tertiary alicyclic amines) is 1. The Balaban J connectivity index is 0.00000161. The Morgan fingerprint density at radius 3 is 2.74 bits per heavy atom. The number of piperazine rings is 1. The van der Waals surface area contributed by atoms with Gasteiger partial charge in [0.2, 0.25) is 0 Å². The Labute approximate surface area is 257 Å². The van der Waals surface area contributed by atoms with Crippen molar-refractivity contribution in [1.82, 2.24) is 30.4 Å². The van der Waals surface area contributed by atoms with E-state index in [1.807, 2.05) is 45.9 Å². The maximum atomic E-state index is 16.9. The third-order valence-electron chi connectivity index (χ3n) is 9.47. The number of halogens is 2. The van der Waals surface area contributed by atoms with Crippen LogP contribution in [0.4, 0.5) is 10.2 Å². The van der Waals surface area contributed by atoms with Gasteiger partial charge in [0, 0.05) is 47.1 Å². The maximum absolute atomic E-state index is 16.9. The van der Waals surface area contributed by atoms with Crippen molar-refractivity contribution >= 4 is 39.2 Å². The highest BCUT2D eigenvalue weighted by Crippen LogP contribution is 2.44. The molecule has 2 aromatic heterocycles. The number of aromatic amines is 1. The molecular weight excluding hydrogens is 565 g/mol. The predicted octanol–water partition coefficient (Wildman–Crippen LogP) is 6.58. The number of fused-ring (bicyclic) bond motifs is 4. The average Bonchev–Trinajstić information content (AvgIpc) is 3.73. The second-order valence-corrected chi connectivity index (χ2v) is 12.4. The van der Waals surface area contributed by atoms with Crippen molar-refractivity contribution in [1.29, 1.82) is 0 Å². The molecule has 2 bridgehead atoms. The summed E-state index contributed by atoms with van der Waals surface area (Å²) in [7, 11) is 2.10. The van der Waals surface area contributed by atoms with Crippen molar-refractivity contribution in [3.05, 3.63) is 53.0 Å². The normalized spacial score (nSPS) is 23.6. The second kappa shape index (κ2) is 11.7. The van der Waals surface area contributed by atoms with E-state index in [4.69, 9.17) is 21.3 Å². The molecule has 10 heteroatoms. The lowest BCUT2D eigenvalue weighted by molar-refractivity contribution is 0.188. The lowest BCUT2D eigenvalue weighted by Gasteiger charge is -2.40. The molecule has 0 amide bonds. The summed E-state index contributed by atoms with van der Waals surface area (Å²) in [6.45, 7) is 15.0. The number of rotatable bonds is 6. The molecule has 3 aliphatic rings. The molecule has 4 aromatic rings. The Morgan fingerprint density at radius 2 is 2.00 bits per heavy atom.